The molecule has 1 aliphatic rings. The summed E-state index contributed by atoms with van der Waals surface area (Å²) in [6.45, 7) is 16.0. The Labute approximate surface area is 413 Å². The number of fused-ring (bicyclic) bond motifs is 2. The number of ether oxygens (including phenoxy) is 2. The zero-order valence-electron chi connectivity index (χ0n) is 37.1. The van der Waals surface area contributed by atoms with E-state index in [1.165, 1.54) is 16.7 Å². The zero-order chi connectivity index (χ0) is 41.9. The second-order valence-electron chi connectivity index (χ2n) is 11.4. The number of carbonyl (C=O) groups excluding carboxylic acids is 1. The van der Waals surface area contributed by atoms with E-state index in [4.69, 9.17) is 9.47 Å². The molecule has 2 heterocycles. The number of imidazole rings is 1. The average molecular weight is 979 g/mol. The molecule has 2 radical (unpaired) electrons. The summed E-state index contributed by atoms with van der Waals surface area (Å²) in [6.07, 6.45) is -0.873. The normalized spacial score (nSPS) is 12.3. The number of para-hydroxylation sites is 4. The smallest absolute Gasteiger partial charge is 0.264 e. The summed E-state index contributed by atoms with van der Waals surface area (Å²) in [5.74, 6) is 1.90. The quantitative estimate of drug-likeness (QED) is 0.128. The largest absolute Gasteiger partial charge is 0.508 e. The molecular weight excluding hydrogens is 918 g/mol. The van der Waals surface area contributed by atoms with E-state index in [2.05, 4.69) is 4.98 Å². The van der Waals surface area contributed by atoms with Gasteiger partial charge in [-0.3, -0.25) is 9.36 Å². The molecule has 6 aromatic carbocycles. The Morgan fingerprint density at radius 2 is 0.918 bits per heavy atom. The maximum absolute atomic E-state index is 13.1. The van der Waals surface area contributed by atoms with Crippen molar-refractivity contribution >= 4 is 16.9 Å². The van der Waals surface area contributed by atoms with Crippen molar-refractivity contribution in [3.8, 4) is 45.9 Å². The Bertz CT molecular complexity index is 2240. The summed E-state index contributed by atoms with van der Waals surface area (Å²) in [6, 6.07) is 41.5. The van der Waals surface area contributed by atoms with Crippen molar-refractivity contribution in [3.63, 3.8) is 0 Å². The predicted molar refractivity (Wildman–Crippen MR) is 242 cm³/mol. The number of phenolic OH excluding ortho intramolecular Hbond substituents is 4. The van der Waals surface area contributed by atoms with Crippen molar-refractivity contribution < 1.29 is 100 Å². The number of phenols is 4. The fourth-order valence-electron chi connectivity index (χ4n) is 5.77. The van der Waals surface area contributed by atoms with E-state index in [0.717, 1.165) is 11.1 Å². The molecule has 61 heavy (non-hydrogen) atoms. The first-order valence-electron chi connectivity index (χ1n) is 19.4. The summed E-state index contributed by atoms with van der Waals surface area (Å²) >= 11 is 0. The fourth-order valence-corrected chi connectivity index (χ4v) is 5.77. The number of aromatic hydroxyl groups is 4. The zero-order valence-corrected chi connectivity index (χ0v) is 42.8. The van der Waals surface area contributed by atoms with Crippen LogP contribution in [-0.4, -0.2) is 35.9 Å². The SMILES string of the molecule is CC.CC.CC.CC.O=C(c1cccc(O)c1)n1c(-c2cccc(O)c2)nc2ccccc21.Oc1cccc([C@@H]2Oc3ccccc3O[C@H]2c2cccc(O)c2)c1.[CH3-].[CH3-].[Y].[Y]. The molecule has 0 aliphatic carbocycles. The van der Waals surface area contributed by atoms with E-state index in [1.54, 1.807) is 72.8 Å². The van der Waals surface area contributed by atoms with Gasteiger partial charge in [0.2, 0.25) is 0 Å². The molecule has 0 bridgehead atoms. The summed E-state index contributed by atoms with van der Waals surface area (Å²) in [7, 11) is 0. The van der Waals surface area contributed by atoms with E-state index in [9.17, 15) is 25.2 Å². The van der Waals surface area contributed by atoms with E-state index in [0.29, 0.717) is 39.5 Å². The van der Waals surface area contributed by atoms with Gasteiger partial charge in [0.25, 0.3) is 5.91 Å². The molecule has 0 spiro atoms. The Hall–Kier alpha value is -4.53. The monoisotopic (exact) mass is 978 g/mol. The summed E-state index contributed by atoms with van der Waals surface area (Å²) in [4.78, 5) is 17.7. The number of hydrogen-bond donors (Lipinski definition) is 4. The van der Waals surface area contributed by atoms with Crippen LogP contribution >= 0.6 is 0 Å². The standard InChI is InChI=1S/C20H14N2O3.C20H16O4.4C2H6.2CH3.2Y/c23-15-7-3-5-13(11-15)19-21-17-9-1-2-10-18(17)22(19)20(25)14-6-4-8-16(24)12-14;21-15-7-3-5-13(11-15)19-20(14-6-4-8-16(22)12-14)24-18-10-2-1-9-17(18)23-19;4*1-2;;;;/h1-12,23-24H;1-12,19-22H;4*1-2H3;2*1H3;;/q;;;;;;2*-1;;/t;19-,20-;;;;;;;;/m.0......../s1. The molecule has 4 N–H and O–H groups in total. The molecular formula is C50H60N2O7Y2-2. The molecule has 2 atom stereocenters. The minimum absolute atomic E-state index is 0. The molecule has 7 aromatic rings. The third-order valence-electron chi connectivity index (χ3n) is 7.99. The van der Waals surface area contributed by atoms with Gasteiger partial charge in [-0.1, -0.05) is 122 Å². The van der Waals surface area contributed by atoms with Crippen molar-refractivity contribution in [2.45, 2.75) is 67.6 Å². The van der Waals surface area contributed by atoms with Gasteiger partial charge < -0.3 is 44.8 Å². The van der Waals surface area contributed by atoms with Gasteiger partial charge in [-0.25, -0.2) is 4.98 Å². The second kappa shape index (κ2) is 30.5. The van der Waals surface area contributed by atoms with Crippen LogP contribution in [-0.2, 0) is 65.4 Å². The topological polar surface area (TPSA) is 134 Å². The van der Waals surface area contributed by atoms with Crippen molar-refractivity contribution in [2.24, 2.45) is 0 Å². The van der Waals surface area contributed by atoms with Gasteiger partial charge in [0, 0.05) is 87.7 Å². The maximum Gasteiger partial charge on any atom is 0.264 e. The van der Waals surface area contributed by atoms with E-state index in [-0.39, 0.29) is 109 Å². The fraction of sp³-hybridized carbons (Fsp3) is 0.200. The first kappa shape index (κ1) is 58.6. The van der Waals surface area contributed by atoms with Crippen molar-refractivity contribution in [3.05, 3.63) is 177 Å². The average Bonchev–Trinajstić information content (AvgIpc) is 3.66. The van der Waals surface area contributed by atoms with E-state index in [1.807, 2.05) is 116 Å². The van der Waals surface area contributed by atoms with Crippen molar-refractivity contribution in [1.29, 1.82) is 0 Å². The molecule has 1 aromatic heterocycles. The van der Waals surface area contributed by atoms with Crippen LogP contribution in [0.4, 0.5) is 0 Å². The number of aromatic nitrogens is 2. The van der Waals surface area contributed by atoms with E-state index >= 15 is 0 Å². The molecule has 0 fully saturated rings. The van der Waals surface area contributed by atoms with Gasteiger partial charge in [-0.05, 0) is 78.9 Å². The molecule has 1 aliphatic heterocycles. The van der Waals surface area contributed by atoms with E-state index < -0.39 is 12.2 Å². The van der Waals surface area contributed by atoms with Crippen molar-refractivity contribution in [1.82, 2.24) is 9.55 Å². The molecule has 0 saturated heterocycles. The van der Waals surface area contributed by atoms with Crippen LogP contribution in [0.15, 0.2) is 146 Å². The number of carbonyl (C=O) groups is 1. The van der Waals surface area contributed by atoms with Crippen LogP contribution in [0.25, 0.3) is 22.4 Å². The van der Waals surface area contributed by atoms with Gasteiger partial charge in [0.05, 0.1) is 11.0 Å². The van der Waals surface area contributed by atoms with Crippen LogP contribution < -0.4 is 9.47 Å². The molecule has 0 unspecified atom stereocenters. The van der Waals surface area contributed by atoms with Crippen LogP contribution in [0.1, 0.15) is 89.1 Å². The maximum atomic E-state index is 13.1. The Morgan fingerprint density at radius 3 is 1.38 bits per heavy atom. The number of benzene rings is 6. The Kier molecular flexibility index (Phi) is 29.3. The van der Waals surface area contributed by atoms with Crippen molar-refractivity contribution in [2.75, 3.05) is 0 Å². The Morgan fingerprint density at radius 1 is 0.508 bits per heavy atom. The van der Waals surface area contributed by atoms with Gasteiger partial charge in [-0.15, -0.1) is 0 Å². The van der Waals surface area contributed by atoms with Gasteiger partial charge in [-0.2, -0.15) is 0 Å². The molecule has 11 heteroatoms. The summed E-state index contributed by atoms with van der Waals surface area (Å²) in [5.41, 5.74) is 3.92. The summed E-state index contributed by atoms with van der Waals surface area (Å²) < 4.78 is 13.8. The van der Waals surface area contributed by atoms with Crippen LogP contribution in [0.5, 0.6) is 34.5 Å². The number of hydrogen-bond acceptors (Lipinski definition) is 8. The van der Waals surface area contributed by atoms with Crippen LogP contribution in [0.2, 0.25) is 0 Å². The molecule has 8 rings (SSSR count). The minimum Gasteiger partial charge on any atom is -0.508 e. The predicted octanol–water partition coefficient (Wildman–Crippen LogP) is 13.2. The first-order valence-corrected chi connectivity index (χ1v) is 19.4. The van der Waals surface area contributed by atoms with Gasteiger partial charge in [0.15, 0.2) is 23.7 Å². The molecule has 0 amide bonds. The molecule has 9 nitrogen and oxygen atoms in total. The van der Waals surface area contributed by atoms with Gasteiger partial charge >= 0.3 is 0 Å². The third-order valence-corrected chi connectivity index (χ3v) is 7.99. The Balaban J connectivity index is 0. The number of rotatable bonds is 4. The van der Waals surface area contributed by atoms with Gasteiger partial charge in [0.1, 0.15) is 28.8 Å². The number of nitrogens with zero attached hydrogens (tertiary/aromatic N) is 2. The second-order valence-corrected chi connectivity index (χ2v) is 11.4. The first-order chi connectivity index (χ1) is 27.8. The molecule has 0 saturated carbocycles. The molecule has 320 valence electrons. The third kappa shape index (κ3) is 15.4. The van der Waals surface area contributed by atoms with Crippen LogP contribution in [0, 0.1) is 14.9 Å². The minimum atomic E-state index is -0.436. The van der Waals surface area contributed by atoms with Crippen LogP contribution in [0.3, 0.4) is 0 Å². The summed E-state index contributed by atoms with van der Waals surface area (Å²) in [5, 5.41) is 39.1.